The smallest absolute Gasteiger partial charge is 0.323 e. The summed E-state index contributed by atoms with van der Waals surface area (Å²) < 4.78 is 5.13. The molecule has 0 aliphatic carbocycles. The fourth-order valence-electron chi connectivity index (χ4n) is 2.54. The van der Waals surface area contributed by atoms with Gasteiger partial charge in [0.2, 0.25) is 0 Å². The standard InChI is InChI=1S/C14H28N2O2/c1-4-10-16(12(3)14(17)18-5-2)11-13-6-8-15-9-7-13/h12-13,15H,4-11H2,1-3H3. The zero-order chi connectivity index (χ0) is 13.4. The van der Waals surface area contributed by atoms with Gasteiger partial charge in [0.25, 0.3) is 0 Å². The van der Waals surface area contributed by atoms with Gasteiger partial charge in [-0.15, -0.1) is 0 Å². The first-order chi connectivity index (χ1) is 8.69. The predicted molar refractivity (Wildman–Crippen MR) is 73.6 cm³/mol. The number of carbonyl (C=O) groups excluding carboxylic acids is 1. The summed E-state index contributed by atoms with van der Waals surface area (Å²) in [6.07, 6.45) is 3.51. The van der Waals surface area contributed by atoms with E-state index < -0.39 is 0 Å². The number of esters is 1. The van der Waals surface area contributed by atoms with Crippen molar-refractivity contribution in [3.63, 3.8) is 0 Å². The van der Waals surface area contributed by atoms with E-state index >= 15 is 0 Å². The highest BCUT2D eigenvalue weighted by Gasteiger charge is 2.25. The summed E-state index contributed by atoms with van der Waals surface area (Å²) in [4.78, 5) is 14.1. The van der Waals surface area contributed by atoms with Gasteiger partial charge in [-0.2, -0.15) is 0 Å². The van der Waals surface area contributed by atoms with E-state index in [-0.39, 0.29) is 12.0 Å². The maximum atomic E-state index is 11.8. The Labute approximate surface area is 111 Å². The van der Waals surface area contributed by atoms with Gasteiger partial charge in [0.05, 0.1) is 6.61 Å². The van der Waals surface area contributed by atoms with Crippen LogP contribution in [0.25, 0.3) is 0 Å². The fourth-order valence-corrected chi connectivity index (χ4v) is 2.54. The third kappa shape index (κ3) is 4.94. The van der Waals surface area contributed by atoms with E-state index in [1.165, 1.54) is 12.8 Å². The average molecular weight is 256 g/mol. The Balaban J connectivity index is 2.48. The molecule has 0 aromatic heterocycles. The van der Waals surface area contributed by atoms with Crippen LogP contribution in [0.2, 0.25) is 0 Å². The van der Waals surface area contributed by atoms with E-state index in [1.807, 2.05) is 13.8 Å². The summed E-state index contributed by atoms with van der Waals surface area (Å²) in [6.45, 7) is 10.7. The van der Waals surface area contributed by atoms with E-state index in [0.717, 1.165) is 38.5 Å². The Morgan fingerprint density at radius 2 is 2.06 bits per heavy atom. The molecule has 1 rings (SSSR count). The first-order valence-corrected chi connectivity index (χ1v) is 7.30. The summed E-state index contributed by atoms with van der Waals surface area (Å²) in [6, 6.07) is -0.111. The van der Waals surface area contributed by atoms with Crippen LogP contribution >= 0.6 is 0 Å². The van der Waals surface area contributed by atoms with Gasteiger partial charge in [-0.3, -0.25) is 9.69 Å². The van der Waals surface area contributed by atoms with Crippen LogP contribution in [0.5, 0.6) is 0 Å². The van der Waals surface area contributed by atoms with Gasteiger partial charge < -0.3 is 10.1 Å². The maximum Gasteiger partial charge on any atom is 0.323 e. The SMILES string of the molecule is CCCN(CC1CCNCC1)C(C)C(=O)OCC. The van der Waals surface area contributed by atoms with Crippen molar-refractivity contribution in [1.82, 2.24) is 10.2 Å². The molecule has 1 heterocycles. The largest absolute Gasteiger partial charge is 0.465 e. The Kier molecular flexibility index (Phi) is 7.28. The highest BCUT2D eigenvalue weighted by molar-refractivity contribution is 5.75. The lowest BCUT2D eigenvalue weighted by Crippen LogP contribution is -2.44. The molecule has 0 aromatic carbocycles. The molecule has 1 atom stereocenters. The first-order valence-electron chi connectivity index (χ1n) is 7.30. The van der Waals surface area contributed by atoms with Crippen LogP contribution in [0.1, 0.15) is 40.0 Å². The molecule has 106 valence electrons. The van der Waals surface area contributed by atoms with Crippen LogP contribution < -0.4 is 5.32 Å². The van der Waals surface area contributed by atoms with Crippen molar-refractivity contribution in [2.24, 2.45) is 5.92 Å². The highest BCUT2D eigenvalue weighted by Crippen LogP contribution is 2.16. The summed E-state index contributed by atoms with van der Waals surface area (Å²) in [7, 11) is 0. The molecule has 1 aliphatic rings. The van der Waals surface area contributed by atoms with Crippen molar-refractivity contribution in [2.75, 3.05) is 32.8 Å². The molecule has 4 heteroatoms. The molecule has 4 nitrogen and oxygen atoms in total. The lowest BCUT2D eigenvalue weighted by molar-refractivity contribution is -0.149. The van der Waals surface area contributed by atoms with Gasteiger partial charge in [-0.25, -0.2) is 0 Å². The molecule has 1 unspecified atom stereocenters. The zero-order valence-electron chi connectivity index (χ0n) is 12.1. The first kappa shape index (κ1) is 15.4. The number of rotatable bonds is 7. The summed E-state index contributed by atoms with van der Waals surface area (Å²) in [5, 5.41) is 3.38. The lowest BCUT2D eigenvalue weighted by Gasteiger charge is -2.32. The summed E-state index contributed by atoms with van der Waals surface area (Å²) in [5.74, 6) is 0.634. The maximum absolute atomic E-state index is 11.8. The van der Waals surface area contributed by atoms with E-state index in [9.17, 15) is 4.79 Å². The monoisotopic (exact) mass is 256 g/mol. The molecule has 1 fully saturated rings. The van der Waals surface area contributed by atoms with E-state index in [2.05, 4.69) is 17.1 Å². The molecule has 0 amide bonds. The van der Waals surface area contributed by atoms with Crippen LogP contribution in [-0.4, -0.2) is 49.7 Å². The van der Waals surface area contributed by atoms with Crippen LogP contribution in [-0.2, 0) is 9.53 Å². The molecular weight excluding hydrogens is 228 g/mol. The lowest BCUT2D eigenvalue weighted by atomic mass is 9.97. The minimum atomic E-state index is -0.111. The second kappa shape index (κ2) is 8.48. The second-order valence-electron chi connectivity index (χ2n) is 5.12. The molecule has 0 spiro atoms. The summed E-state index contributed by atoms with van der Waals surface area (Å²) >= 11 is 0. The van der Waals surface area contributed by atoms with Gasteiger partial charge in [-0.05, 0) is 58.7 Å². The van der Waals surface area contributed by atoms with Crippen molar-refractivity contribution >= 4 is 5.97 Å². The fraction of sp³-hybridized carbons (Fsp3) is 0.929. The Morgan fingerprint density at radius 1 is 1.39 bits per heavy atom. The third-order valence-electron chi connectivity index (χ3n) is 3.64. The van der Waals surface area contributed by atoms with Gasteiger partial charge >= 0.3 is 5.97 Å². The summed E-state index contributed by atoms with van der Waals surface area (Å²) in [5.41, 5.74) is 0. The second-order valence-corrected chi connectivity index (χ2v) is 5.12. The molecule has 0 aromatic rings. The molecule has 1 saturated heterocycles. The zero-order valence-corrected chi connectivity index (χ0v) is 12.1. The number of hydrogen-bond donors (Lipinski definition) is 1. The van der Waals surface area contributed by atoms with Crippen LogP contribution in [0.15, 0.2) is 0 Å². The number of carbonyl (C=O) groups is 1. The van der Waals surface area contributed by atoms with Crippen LogP contribution in [0.3, 0.4) is 0 Å². The molecule has 1 N–H and O–H groups in total. The van der Waals surface area contributed by atoms with Gasteiger partial charge in [0.1, 0.15) is 6.04 Å². The topological polar surface area (TPSA) is 41.6 Å². The molecule has 0 radical (unpaired) electrons. The number of ether oxygens (including phenoxy) is 1. The van der Waals surface area contributed by atoms with Gasteiger partial charge in [0.15, 0.2) is 0 Å². The average Bonchev–Trinajstić information content (AvgIpc) is 2.39. The van der Waals surface area contributed by atoms with Crippen molar-refractivity contribution < 1.29 is 9.53 Å². The van der Waals surface area contributed by atoms with E-state index in [4.69, 9.17) is 4.74 Å². The van der Waals surface area contributed by atoms with Gasteiger partial charge in [-0.1, -0.05) is 6.92 Å². The quantitative estimate of drug-likeness (QED) is 0.703. The van der Waals surface area contributed by atoms with Crippen LogP contribution in [0.4, 0.5) is 0 Å². The Morgan fingerprint density at radius 3 is 2.61 bits per heavy atom. The number of nitrogens with one attached hydrogen (secondary N) is 1. The van der Waals surface area contributed by atoms with Crippen LogP contribution in [0, 0.1) is 5.92 Å². The minimum Gasteiger partial charge on any atom is -0.465 e. The van der Waals surface area contributed by atoms with Crippen molar-refractivity contribution in [1.29, 1.82) is 0 Å². The molecule has 0 saturated carbocycles. The molecule has 1 aliphatic heterocycles. The number of piperidine rings is 1. The third-order valence-corrected chi connectivity index (χ3v) is 3.64. The molecule has 0 bridgehead atoms. The number of hydrogen-bond acceptors (Lipinski definition) is 4. The van der Waals surface area contributed by atoms with Crippen molar-refractivity contribution in [3.05, 3.63) is 0 Å². The highest BCUT2D eigenvalue weighted by atomic mass is 16.5. The van der Waals surface area contributed by atoms with Gasteiger partial charge in [0, 0.05) is 6.54 Å². The number of nitrogens with zero attached hydrogens (tertiary/aromatic N) is 1. The van der Waals surface area contributed by atoms with E-state index in [1.54, 1.807) is 0 Å². The molecular formula is C14H28N2O2. The normalized spacial score (nSPS) is 18.9. The predicted octanol–water partition coefficient (Wildman–Crippen LogP) is 1.65. The van der Waals surface area contributed by atoms with Crippen molar-refractivity contribution in [2.45, 2.75) is 46.1 Å². The minimum absolute atomic E-state index is 0.0834. The Bertz CT molecular complexity index is 240. The van der Waals surface area contributed by atoms with Crippen molar-refractivity contribution in [3.8, 4) is 0 Å². The van der Waals surface area contributed by atoms with E-state index in [0.29, 0.717) is 6.61 Å². The molecule has 18 heavy (non-hydrogen) atoms. The Hall–Kier alpha value is -0.610.